The van der Waals surface area contributed by atoms with E-state index in [1.165, 1.54) is 0 Å². The molecule has 8 heteroatoms. The molecular weight excluding hydrogens is 260 g/mol. The Kier molecular flexibility index (Phi) is 5.31. The van der Waals surface area contributed by atoms with E-state index >= 15 is 0 Å². The molecule has 1 heterocycles. The lowest BCUT2D eigenvalue weighted by Crippen LogP contribution is -2.06. The zero-order valence-corrected chi connectivity index (χ0v) is 11.1. The summed E-state index contributed by atoms with van der Waals surface area (Å²) in [4.78, 5) is 0. The van der Waals surface area contributed by atoms with Gasteiger partial charge in [-0.1, -0.05) is 18.3 Å². The molecule has 0 saturated heterocycles. The van der Waals surface area contributed by atoms with Crippen molar-refractivity contribution in [2.75, 3.05) is 17.6 Å². The molecule has 94 valence electrons. The van der Waals surface area contributed by atoms with E-state index in [1.54, 1.807) is 0 Å². The normalized spacial score (nSPS) is 11.1. The van der Waals surface area contributed by atoms with Crippen LogP contribution in [0.5, 0.6) is 0 Å². The molecular formula is C9H14N4O2S2. The summed E-state index contributed by atoms with van der Waals surface area (Å²) in [6.45, 7) is 2.75. The van der Waals surface area contributed by atoms with Crippen molar-refractivity contribution in [3.63, 3.8) is 0 Å². The second-order valence-electron chi connectivity index (χ2n) is 3.38. The van der Waals surface area contributed by atoms with Gasteiger partial charge in [0.1, 0.15) is 0 Å². The van der Waals surface area contributed by atoms with Crippen LogP contribution < -0.4 is 5.32 Å². The molecule has 1 aromatic heterocycles. The monoisotopic (exact) mass is 274 g/mol. The van der Waals surface area contributed by atoms with Gasteiger partial charge in [-0.15, -0.1) is 10.2 Å². The number of hydrogen-bond donors (Lipinski definition) is 1. The molecule has 0 bridgehead atoms. The molecule has 6 nitrogen and oxygen atoms in total. The highest BCUT2D eigenvalue weighted by molar-refractivity contribution is 7.93. The smallest absolute Gasteiger partial charge is 0.234 e. The minimum atomic E-state index is -3.38. The van der Waals surface area contributed by atoms with E-state index in [2.05, 4.69) is 15.5 Å². The van der Waals surface area contributed by atoms with Crippen LogP contribution in [0.1, 0.15) is 26.2 Å². The molecule has 0 spiro atoms. The molecule has 0 aliphatic rings. The van der Waals surface area contributed by atoms with Gasteiger partial charge >= 0.3 is 0 Å². The number of hydrogen-bond acceptors (Lipinski definition) is 7. The molecule has 0 radical (unpaired) electrons. The molecule has 0 saturated carbocycles. The van der Waals surface area contributed by atoms with E-state index in [0.717, 1.165) is 24.3 Å². The van der Waals surface area contributed by atoms with E-state index < -0.39 is 9.84 Å². The van der Waals surface area contributed by atoms with E-state index in [0.29, 0.717) is 11.6 Å². The third-order valence-corrected chi connectivity index (χ3v) is 5.03. The average molecular weight is 274 g/mol. The molecule has 0 unspecified atom stereocenters. The number of sulfone groups is 1. The SMILES string of the molecule is CCCNc1nnc(S(=O)(=O)CCCC#N)s1. The van der Waals surface area contributed by atoms with E-state index in [4.69, 9.17) is 5.26 Å². The predicted molar refractivity (Wildman–Crippen MR) is 65.6 cm³/mol. The van der Waals surface area contributed by atoms with Crippen molar-refractivity contribution < 1.29 is 8.42 Å². The van der Waals surface area contributed by atoms with Crippen LogP contribution in [0.25, 0.3) is 0 Å². The number of unbranched alkanes of at least 4 members (excludes halogenated alkanes) is 1. The number of nitrogens with one attached hydrogen (secondary N) is 1. The van der Waals surface area contributed by atoms with Gasteiger partial charge in [0.25, 0.3) is 0 Å². The molecule has 1 aromatic rings. The van der Waals surface area contributed by atoms with Crippen LogP contribution in [0.4, 0.5) is 5.13 Å². The number of anilines is 1. The van der Waals surface area contributed by atoms with Gasteiger partial charge in [-0.2, -0.15) is 5.26 Å². The van der Waals surface area contributed by atoms with Crippen molar-refractivity contribution in [3.05, 3.63) is 0 Å². The van der Waals surface area contributed by atoms with E-state index in [-0.39, 0.29) is 16.5 Å². The van der Waals surface area contributed by atoms with Crippen molar-refractivity contribution in [1.82, 2.24) is 10.2 Å². The largest absolute Gasteiger partial charge is 0.360 e. The standard InChI is InChI=1S/C9H14N4O2S2/c1-2-6-11-8-12-13-9(16-8)17(14,15)7-4-3-5-10/h2-4,6-7H2,1H3,(H,11,12). The van der Waals surface area contributed by atoms with Crippen molar-refractivity contribution in [1.29, 1.82) is 5.26 Å². The highest BCUT2D eigenvalue weighted by atomic mass is 32.2. The van der Waals surface area contributed by atoms with Crippen LogP contribution in [0.3, 0.4) is 0 Å². The highest BCUT2D eigenvalue weighted by Crippen LogP contribution is 2.21. The summed E-state index contributed by atoms with van der Waals surface area (Å²) in [6.07, 6.45) is 1.50. The molecule has 0 aliphatic carbocycles. The van der Waals surface area contributed by atoms with Crippen molar-refractivity contribution in [2.24, 2.45) is 0 Å². The van der Waals surface area contributed by atoms with Gasteiger partial charge < -0.3 is 5.32 Å². The van der Waals surface area contributed by atoms with Crippen LogP contribution in [0, 0.1) is 11.3 Å². The number of aromatic nitrogens is 2. The second kappa shape index (κ2) is 6.51. The van der Waals surface area contributed by atoms with E-state index in [9.17, 15) is 8.42 Å². The first-order chi connectivity index (χ1) is 8.10. The Balaban J connectivity index is 2.65. The minimum Gasteiger partial charge on any atom is -0.360 e. The Bertz CT molecular complexity index is 489. The molecule has 0 aliphatic heterocycles. The fourth-order valence-corrected chi connectivity index (χ4v) is 3.43. The Hall–Kier alpha value is -1.20. The van der Waals surface area contributed by atoms with Gasteiger partial charge in [-0.25, -0.2) is 8.42 Å². The number of rotatable bonds is 7. The summed E-state index contributed by atoms with van der Waals surface area (Å²) in [5.74, 6) is -0.0526. The van der Waals surface area contributed by atoms with Gasteiger partial charge in [0.2, 0.25) is 19.3 Å². The second-order valence-corrected chi connectivity index (χ2v) is 6.64. The Labute approximate surface area is 105 Å². The molecule has 1 rings (SSSR count). The molecule has 1 N–H and O–H groups in total. The quantitative estimate of drug-likeness (QED) is 0.756. The fraction of sp³-hybridized carbons (Fsp3) is 0.667. The van der Waals surface area contributed by atoms with Crippen LogP contribution in [0.2, 0.25) is 0 Å². The Morgan fingerprint density at radius 1 is 1.47 bits per heavy atom. The maximum atomic E-state index is 11.8. The van der Waals surface area contributed by atoms with E-state index in [1.807, 2.05) is 13.0 Å². The van der Waals surface area contributed by atoms with Crippen LogP contribution in [-0.4, -0.2) is 30.9 Å². The van der Waals surface area contributed by atoms with Gasteiger partial charge in [-0.05, 0) is 12.8 Å². The predicted octanol–water partition coefficient (Wildman–Crippen LogP) is 1.44. The maximum absolute atomic E-state index is 11.8. The number of nitrogens with zero attached hydrogens (tertiary/aromatic N) is 3. The third kappa shape index (κ3) is 4.28. The summed E-state index contributed by atoms with van der Waals surface area (Å²) in [5, 5.41) is 19.3. The minimum absolute atomic E-state index is 0.0223. The summed E-state index contributed by atoms with van der Waals surface area (Å²) < 4.78 is 23.6. The molecule has 17 heavy (non-hydrogen) atoms. The highest BCUT2D eigenvalue weighted by Gasteiger charge is 2.19. The first-order valence-corrected chi connectivity index (χ1v) is 7.74. The molecule has 0 atom stereocenters. The first kappa shape index (κ1) is 13.9. The average Bonchev–Trinajstić information content (AvgIpc) is 2.76. The fourth-order valence-electron chi connectivity index (χ4n) is 1.07. The van der Waals surface area contributed by atoms with Gasteiger partial charge in [0, 0.05) is 13.0 Å². The van der Waals surface area contributed by atoms with Crippen LogP contribution in [0.15, 0.2) is 4.34 Å². The molecule has 0 fully saturated rings. The summed E-state index contributed by atoms with van der Waals surface area (Å²) in [7, 11) is -3.38. The van der Waals surface area contributed by atoms with Gasteiger partial charge in [-0.3, -0.25) is 0 Å². The third-order valence-electron chi connectivity index (χ3n) is 1.90. The molecule has 0 amide bonds. The number of nitriles is 1. The van der Waals surface area contributed by atoms with Crippen LogP contribution in [-0.2, 0) is 9.84 Å². The summed E-state index contributed by atoms with van der Waals surface area (Å²) >= 11 is 1.03. The van der Waals surface area contributed by atoms with Gasteiger partial charge in [0.15, 0.2) is 0 Å². The lowest BCUT2D eigenvalue weighted by atomic mass is 10.4. The van der Waals surface area contributed by atoms with Crippen molar-refractivity contribution in [3.8, 4) is 6.07 Å². The van der Waals surface area contributed by atoms with Crippen LogP contribution >= 0.6 is 11.3 Å². The van der Waals surface area contributed by atoms with Gasteiger partial charge in [0.05, 0.1) is 11.8 Å². The zero-order valence-electron chi connectivity index (χ0n) is 9.51. The summed E-state index contributed by atoms with van der Waals surface area (Å²) in [6, 6.07) is 1.92. The Morgan fingerprint density at radius 3 is 2.88 bits per heavy atom. The first-order valence-electron chi connectivity index (χ1n) is 5.27. The van der Waals surface area contributed by atoms with Crippen molar-refractivity contribution >= 4 is 26.3 Å². The zero-order chi connectivity index (χ0) is 12.7. The topological polar surface area (TPSA) is 95.7 Å². The van der Waals surface area contributed by atoms with Crippen molar-refractivity contribution in [2.45, 2.75) is 30.5 Å². The lowest BCUT2D eigenvalue weighted by molar-refractivity contribution is 0.591. The maximum Gasteiger partial charge on any atom is 0.234 e. The lowest BCUT2D eigenvalue weighted by Gasteiger charge is -1.97. The molecule has 0 aromatic carbocycles. The summed E-state index contributed by atoms with van der Waals surface area (Å²) in [5.41, 5.74) is 0. The Morgan fingerprint density at radius 2 is 2.24 bits per heavy atom.